The standard InChI is InChI=1S/C29H28F4N4O2.C28H26F4N4O2/c1-17-12-19(8-9-22(17)26(38)13-18-6-7-18)25-16-35-28-24(34-11-10-29(31,32)33)15-21(36-37(25)28)14-20-4-3-5-23(30)27(20)39-2;1-16-11-18(7-8-21(16)25(37)12-17-5-6-17)24-15-34-27-23(33-10-9-28(30,31)32)14-20(35-36(24)27)13-19-3-2-4-22(29)26(19)38/h3-5,8-9,12,15-16,18,34H,6-7,10-11,13-14H2,1-2H3;2-4,7-8,11,14-15,17,33,38H,5-6,9-10,12-13H2,1H3. The fourth-order valence-corrected chi connectivity index (χ4v) is 9.22. The van der Waals surface area contributed by atoms with E-state index in [0.717, 1.165) is 54.0 Å². The zero-order valence-corrected chi connectivity index (χ0v) is 42.3. The maximum atomic E-state index is 14.3. The molecule has 0 bridgehead atoms. The minimum absolute atomic E-state index is 0.0404. The third-order valence-corrected chi connectivity index (χ3v) is 13.5. The van der Waals surface area contributed by atoms with Crippen molar-refractivity contribution in [1.82, 2.24) is 29.2 Å². The van der Waals surface area contributed by atoms with Crippen LogP contribution in [-0.2, 0) is 12.8 Å². The molecule has 2 saturated carbocycles. The summed E-state index contributed by atoms with van der Waals surface area (Å²) in [5.74, 6) is -0.520. The number of fused-ring (bicyclic) bond motifs is 2. The Labute approximate surface area is 437 Å². The first-order chi connectivity index (χ1) is 36.7. The van der Waals surface area contributed by atoms with Gasteiger partial charge in [-0.15, -0.1) is 0 Å². The number of rotatable bonds is 19. The molecule has 0 unspecified atom stereocenters. The van der Waals surface area contributed by atoms with Gasteiger partial charge in [0.1, 0.15) is 0 Å². The predicted molar refractivity (Wildman–Crippen MR) is 275 cm³/mol. The van der Waals surface area contributed by atoms with Gasteiger partial charge >= 0.3 is 12.4 Å². The van der Waals surface area contributed by atoms with Crippen molar-refractivity contribution in [3.8, 4) is 34.0 Å². The van der Waals surface area contributed by atoms with Gasteiger partial charge in [0.2, 0.25) is 0 Å². The summed E-state index contributed by atoms with van der Waals surface area (Å²) < 4.78 is 113. The fourth-order valence-electron chi connectivity index (χ4n) is 9.22. The molecule has 2 aliphatic carbocycles. The van der Waals surface area contributed by atoms with Crippen LogP contribution >= 0.6 is 0 Å². The topological polar surface area (TPSA) is 148 Å². The number of para-hydroxylation sites is 2. The van der Waals surface area contributed by atoms with Crippen LogP contribution in [0, 0.1) is 37.3 Å². The van der Waals surface area contributed by atoms with Crippen LogP contribution in [-0.4, -0.2) is 78.4 Å². The zero-order chi connectivity index (χ0) is 54.8. The first kappa shape index (κ1) is 53.9. The molecule has 2 aliphatic rings. The highest BCUT2D eigenvalue weighted by molar-refractivity contribution is 5.99. The first-order valence-corrected chi connectivity index (χ1v) is 25.1. The Kier molecular flexibility index (Phi) is 15.7. The number of hydrogen-bond acceptors (Lipinski definition) is 10. The number of halogens is 8. The van der Waals surface area contributed by atoms with Gasteiger partial charge in [0.15, 0.2) is 46.0 Å². The fraction of sp³-hybridized carbons (Fsp3) is 0.333. The highest BCUT2D eigenvalue weighted by atomic mass is 19.4. The molecule has 3 N–H and O–H groups in total. The van der Waals surface area contributed by atoms with E-state index in [4.69, 9.17) is 9.84 Å². The molecule has 4 heterocycles. The lowest BCUT2D eigenvalue weighted by atomic mass is 9.98. The number of aromatic hydroxyl groups is 1. The van der Waals surface area contributed by atoms with Crippen LogP contribution in [0.4, 0.5) is 46.5 Å². The molecule has 4 aromatic carbocycles. The summed E-state index contributed by atoms with van der Waals surface area (Å²) in [6, 6.07) is 22.9. The number of nitrogens with one attached hydrogen (secondary N) is 2. The lowest BCUT2D eigenvalue weighted by Gasteiger charge is -2.14. The van der Waals surface area contributed by atoms with E-state index in [0.29, 0.717) is 86.8 Å². The van der Waals surface area contributed by atoms with Gasteiger partial charge in [0.25, 0.3) is 0 Å². The maximum Gasteiger partial charge on any atom is 0.390 e. The van der Waals surface area contributed by atoms with Gasteiger partial charge in [-0.25, -0.2) is 27.8 Å². The number of phenolic OH excluding ortho intramolecular Hbond substituents is 1. The number of aryl methyl sites for hydroxylation is 2. The van der Waals surface area contributed by atoms with Crippen molar-refractivity contribution in [2.45, 2.75) is 90.4 Å². The number of benzene rings is 4. The lowest BCUT2D eigenvalue weighted by Crippen LogP contribution is -2.15. The van der Waals surface area contributed by atoms with E-state index in [1.54, 1.807) is 65.4 Å². The SMILES string of the molecule is COc1c(F)cccc1Cc1cc(NCCC(F)(F)F)c2ncc(-c3ccc(C(=O)CC4CC4)c(C)c3)n2n1.Cc1cc(-c2cnc3c(NCCC(F)(F)F)cc(Cc4cccc(F)c4O)nn23)ccc1C(=O)CC1CC1. The first-order valence-electron chi connectivity index (χ1n) is 25.1. The van der Waals surface area contributed by atoms with Crippen LogP contribution in [0.25, 0.3) is 33.8 Å². The number of carbonyl (C=O) groups excluding carboxylic acids is 2. The summed E-state index contributed by atoms with van der Waals surface area (Å²) >= 11 is 0. The van der Waals surface area contributed by atoms with E-state index in [2.05, 4.69) is 25.7 Å². The molecule has 0 saturated heterocycles. The van der Waals surface area contributed by atoms with Crippen molar-refractivity contribution in [3.05, 3.63) is 154 Å². The van der Waals surface area contributed by atoms with Gasteiger partial charge in [-0.1, -0.05) is 48.5 Å². The normalized spacial score (nSPS) is 13.6. The third-order valence-electron chi connectivity index (χ3n) is 13.5. The summed E-state index contributed by atoms with van der Waals surface area (Å²) in [6.45, 7) is 3.03. The number of aromatic nitrogens is 6. The molecule has 20 heteroatoms. The second kappa shape index (κ2) is 22.4. The molecule has 4 aromatic heterocycles. The summed E-state index contributed by atoms with van der Waals surface area (Å²) in [6.07, 6.45) is -1.84. The van der Waals surface area contributed by atoms with E-state index in [1.165, 1.54) is 23.8 Å². The van der Waals surface area contributed by atoms with Gasteiger partial charge in [-0.3, -0.25) is 9.59 Å². The number of alkyl halides is 6. The Bertz CT molecular complexity index is 3490. The maximum absolute atomic E-state index is 14.3. The number of imidazole rings is 2. The van der Waals surface area contributed by atoms with Crippen LogP contribution in [0.15, 0.2) is 97.3 Å². The molecule has 8 aromatic rings. The van der Waals surface area contributed by atoms with E-state index in [-0.39, 0.29) is 48.8 Å². The van der Waals surface area contributed by atoms with Crippen molar-refractivity contribution in [1.29, 1.82) is 0 Å². The summed E-state index contributed by atoms with van der Waals surface area (Å²) in [5, 5.41) is 25.1. The number of methoxy groups -OCH3 is 1. The monoisotopic (exact) mass is 1070 g/mol. The largest absolute Gasteiger partial charge is 0.505 e. The summed E-state index contributed by atoms with van der Waals surface area (Å²) in [5.41, 5.74) is 8.75. The number of hydrogen-bond donors (Lipinski definition) is 3. The van der Waals surface area contributed by atoms with Gasteiger partial charge < -0.3 is 20.5 Å². The Balaban J connectivity index is 0.000000188. The van der Waals surface area contributed by atoms with Gasteiger partial charge in [-0.2, -0.15) is 36.5 Å². The molecule has 12 nitrogen and oxygen atoms in total. The second-order valence-electron chi connectivity index (χ2n) is 19.7. The lowest BCUT2D eigenvalue weighted by molar-refractivity contribution is -0.132. The Morgan fingerprint density at radius 1 is 0.636 bits per heavy atom. The van der Waals surface area contributed by atoms with Crippen LogP contribution in [0.3, 0.4) is 0 Å². The molecular formula is C57H54F8N8O4. The third kappa shape index (κ3) is 13.2. The number of Topliss-reactive ketones (excluding diaryl/α,β-unsaturated/α-hetero) is 2. The van der Waals surface area contributed by atoms with E-state index in [9.17, 15) is 49.8 Å². The van der Waals surface area contributed by atoms with E-state index >= 15 is 0 Å². The zero-order valence-electron chi connectivity index (χ0n) is 42.3. The smallest absolute Gasteiger partial charge is 0.390 e. The number of ketones is 2. The van der Waals surface area contributed by atoms with Crippen molar-refractivity contribution in [3.63, 3.8) is 0 Å². The quantitative estimate of drug-likeness (QED) is 0.0528. The van der Waals surface area contributed by atoms with Crippen LogP contribution in [0.5, 0.6) is 11.5 Å². The number of carbonyl (C=O) groups is 2. The number of anilines is 2. The Morgan fingerprint density at radius 2 is 1.08 bits per heavy atom. The molecule has 0 atom stereocenters. The van der Waals surface area contributed by atoms with Crippen LogP contribution < -0.4 is 15.4 Å². The molecule has 0 aliphatic heterocycles. The molecular weight excluding hydrogens is 1010 g/mol. The van der Waals surface area contributed by atoms with Crippen molar-refractivity contribution in [2.75, 3.05) is 30.8 Å². The molecule has 0 amide bonds. The molecule has 77 heavy (non-hydrogen) atoms. The highest BCUT2D eigenvalue weighted by Gasteiger charge is 2.30. The molecule has 0 spiro atoms. The van der Waals surface area contributed by atoms with Gasteiger partial charge in [0.05, 0.1) is 66.5 Å². The Hall–Kier alpha value is -7.90. The van der Waals surface area contributed by atoms with Crippen molar-refractivity contribution >= 4 is 34.2 Å². The minimum Gasteiger partial charge on any atom is -0.505 e. The number of ether oxygens (including phenoxy) is 1. The van der Waals surface area contributed by atoms with Gasteiger partial charge in [-0.05, 0) is 98.9 Å². The summed E-state index contributed by atoms with van der Waals surface area (Å²) in [4.78, 5) is 34.2. The average molecular weight is 1070 g/mol. The Morgan fingerprint density at radius 3 is 1.51 bits per heavy atom. The predicted octanol–water partition coefficient (Wildman–Crippen LogP) is 13.3. The number of phenols is 1. The van der Waals surface area contributed by atoms with E-state index < -0.39 is 42.6 Å². The molecule has 0 radical (unpaired) electrons. The highest BCUT2D eigenvalue weighted by Crippen LogP contribution is 2.37. The number of nitrogens with zero attached hydrogens (tertiary/aromatic N) is 6. The molecule has 402 valence electrons. The van der Waals surface area contributed by atoms with Crippen molar-refractivity contribution < 1.29 is 54.6 Å². The van der Waals surface area contributed by atoms with Gasteiger partial charge in [0, 0.05) is 72.2 Å². The minimum atomic E-state index is -4.33. The average Bonchev–Trinajstić information content (AvgIpc) is 4.29. The van der Waals surface area contributed by atoms with Crippen molar-refractivity contribution in [2.24, 2.45) is 11.8 Å². The van der Waals surface area contributed by atoms with Crippen LogP contribution in [0.2, 0.25) is 0 Å². The van der Waals surface area contributed by atoms with Crippen LogP contribution in [0.1, 0.15) is 106 Å². The van der Waals surface area contributed by atoms with E-state index in [1.807, 2.05) is 32.0 Å². The molecule has 10 rings (SSSR count). The molecule has 2 fully saturated rings. The second-order valence-corrected chi connectivity index (χ2v) is 19.7. The summed E-state index contributed by atoms with van der Waals surface area (Å²) in [7, 11) is 1.37.